The van der Waals surface area contributed by atoms with Crippen molar-refractivity contribution in [3.8, 4) is 5.75 Å². The van der Waals surface area contributed by atoms with Crippen molar-refractivity contribution < 1.29 is 14.1 Å². The number of hydrogen-bond donors (Lipinski definition) is 1. The van der Waals surface area contributed by atoms with Crippen LogP contribution < -0.4 is 10.1 Å². The lowest BCUT2D eigenvalue weighted by Gasteiger charge is -2.34. The first-order valence-corrected chi connectivity index (χ1v) is 10.9. The normalized spacial score (nSPS) is 22.4. The number of amides is 1. The maximum atomic E-state index is 12.7. The van der Waals surface area contributed by atoms with Crippen molar-refractivity contribution in [1.29, 1.82) is 0 Å². The first kappa shape index (κ1) is 20.0. The summed E-state index contributed by atoms with van der Waals surface area (Å²) in [4.78, 5) is 14.8. The second kappa shape index (κ2) is 9.92. The van der Waals surface area contributed by atoms with E-state index in [2.05, 4.69) is 15.4 Å². The third kappa shape index (κ3) is 5.60. The van der Waals surface area contributed by atoms with Gasteiger partial charge in [-0.1, -0.05) is 23.4 Å². The Hall–Kier alpha value is -2.34. The number of carbonyl (C=O) groups excluding carboxylic acids is 1. The highest BCUT2D eigenvalue weighted by Gasteiger charge is 2.30. The summed E-state index contributed by atoms with van der Waals surface area (Å²) in [6.45, 7) is 4.16. The van der Waals surface area contributed by atoms with Gasteiger partial charge in [-0.15, -0.1) is 0 Å². The molecule has 1 aromatic carbocycles. The van der Waals surface area contributed by atoms with Gasteiger partial charge in [-0.25, -0.2) is 0 Å². The molecule has 6 heteroatoms. The highest BCUT2D eigenvalue weighted by atomic mass is 16.5. The number of likely N-dealkylation sites (tertiary alicyclic amines) is 1. The van der Waals surface area contributed by atoms with Gasteiger partial charge < -0.3 is 19.5 Å². The summed E-state index contributed by atoms with van der Waals surface area (Å²) in [5.41, 5.74) is 0.945. The summed E-state index contributed by atoms with van der Waals surface area (Å²) in [5.74, 6) is 2.70. The molecule has 2 atom stereocenters. The van der Waals surface area contributed by atoms with Gasteiger partial charge in [0.25, 0.3) is 0 Å². The van der Waals surface area contributed by atoms with Crippen molar-refractivity contribution in [2.45, 2.75) is 45.1 Å². The Balaban J connectivity index is 1.31. The number of para-hydroxylation sites is 1. The van der Waals surface area contributed by atoms with Crippen molar-refractivity contribution in [2.75, 3.05) is 26.2 Å². The molecule has 0 saturated carbocycles. The first-order valence-electron chi connectivity index (χ1n) is 10.9. The fraction of sp³-hybridized carbons (Fsp3) is 0.565. The van der Waals surface area contributed by atoms with Crippen LogP contribution in [-0.4, -0.2) is 42.1 Å². The molecule has 0 spiro atoms. The van der Waals surface area contributed by atoms with E-state index in [1.807, 2.05) is 36.4 Å². The lowest BCUT2D eigenvalue weighted by Crippen LogP contribution is -2.42. The maximum Gasteiger partial charge on any atom is 0.222 e. The zero-order valence-electron chi connectivity index (χ0n) is 17.0. The van der Waals surface area contributed by atoms with Crippen LogP contribution in [0.4, 0.5) is 0 Å². The number of carbonyl (C=O) groups is 1. The molecule has 2 aliphatic heterocycles. The van der Waals surface area contributed by atoms with Crippen molar-refractivity contribution >= 4 is 5.91 Å². The molecule has 2 saturated heterocycles. The molecular formula is C23H31N3O3. The number of nitrogens with one attached hydrogen (secondary N) is 1. The number of rotatable bonds is 7. The van der Waals surface area contributed by atoms with Crippen LogP contribution in [-0.2, 0) is 17.8 Å². The smallest absolute Gasteiger partial charge is 0.222 e. The predicted octanol–water partition coefficient (Wildman–Crippen LogP) is 3.42. The lowest BCUT2D eigenvalue weighted by molar-refractivity contribution is -0.133. The van der Waals surface area contributed by atoms with E-state index >= 15 is 0 Å². The van der Waals surface area contributed by atoms with Crippen LogP contribution in [0.15, 0.2) is 40.9 Å². The van der Waals surface area contributed by atoms with Crippen molar-refractivity contribution in [2.24, 2.45) is 11.8 Å². The zero-order valence-corrected chi connectivity index (χ0v) is 17.0. The van der Waals surface area contributed by atoms with Gasteiger partial charge in [-0.3, -0.25) is 4.79 Å². The highest BCUT2D eigenvalue weighted by molar-refractivity contribution is 5.76. The third-order valence-electron chi connectivity index (χ3n) is 6.11. The van der Waals surface area contributed by atoms with Crippen LogP contribution in [0, 0.1) is 11.8 Å². The topological polar surface area (TPSA) is 67.6 Å². The molecule has 1 amide bonds. The average Bonchev–Trinajstić information content (AvgIpc) is 3.22. The maximum absolute atomic E-state index is 12.7. The van der Waals surface area contributed by atoms with Gasteiger partial charge in [-0.2, -0.15) is 0 Å². The van der Waals surface area contributed by atoms with Gasteiger partial charge in [0.1, 0.15) is 12.4 Å². The average molecular weight is 398 g/mol. The molecule has 0 unspecified atom stereocenters. The Morgan fingerprint density at radius 1 is 1.17 bits per heavy atom. The molecule has 3 heterocycles. The van der Waals surface area contributed by atoms with Crippen LogP contribution >= 0.6 is 0 Å². The van der Waals surface area contributed by atoms with Crippen LogP contribution in [0.2, 0.25) is 0 Å². The summed E-state index contributed by atoms with van der Waals surface area (Å²) >= 11 is 0. The Labute approximate surface area is 172 Å². The number of hydrogen-bond acceptors (Lipinski definition) is 5. The van der Waals surface area contributed by atoms with E-state index in [-0.39, 0.29) is 0 Å². The Kier molecular flexibility index (Phi) is 6.83. The van der Waals surface area contributed by atoms with Gasteiger partial charge in [-0.05, 0) is 69.2 Å². The molecule has 0 bridgehead atoms. The third-order valence-corrected chi connectivity index (χ3v) is 6.11. The van der Waals surface area contributed by atoms with Crippen LogP contribution in [0.3, 0.4) is 0 Å². The van der Waals surface area contributed by atoms with Crippen LogP contribution in [0.5, 0.6) is 5.75 Å². The van der Waals surface area contributed by atoms with Gasteiger partial charge in [0.2, 0.25) is 5.91 Å². The minimum absolute atomic E-state index is 0.332. The van der Waals surface area contributed by atoms with E-state index in [9.17, 15) is 4.79 Å². The Morgan fingerprint density at radius 3 is 2.83 bits per heavy atom. The standard InChI is InChI=1S/C23H31N3O3/c27-23(26-11-5-2-6-12-26)14-18-9-10-24-16-19(18)13-20-15-22(29-25-20)17-28-21-7-3-1-4-8-21/h1,3-4,7-8,15,18-19,24H,2,5-6,9-14,16-17H2/t18-,19+/m0/s1. The molecule has 2 fully saturated rings. The lowest BCUT2D eigenvalue weighted by atomic mass is 9.81. The molecule has 0 radical (unpaired) electrons. The Bertz CT molecular complexity index is 771. The van der Waals surface area contributed by atoms with E-state index in [1.165, 1.54) is 6.42 Å². The molecule has 156 valence electrons. The minimum atomic E-state index is 0.332. The molecule has 29 heavy (non-hydrogen) atoms. The number of piperidine rings is 2. The summed E-state index contributed by atoms with van der Waals surface area (Å²) < 4.78 is 11.2. The Morgan fingerprint density at radius 2 is 2.00 bits per heavy atom. The van der Waals surface area contributed by atoms with Gasteiger partial charge in [0.15, 0.2) is 5.76 Å². The second-order valence-electron chi connectivity index (χ2n) is 8.25. The summed E-state index contributed by atoms with van der Waals surface area (Å²) in [6.07, 6.45) is 6.09. The van der Waals surface area contributed by atoms with Crippen molar-refractivity contribution in [3.05, 3.63) is 47.9 Å². The van der Waals surface area contributed by atoms with E-state index in [1.54, 1.807) is 0 Å². The molecule has 2 aliphatic rings. The van der Waals surface area contributed by atoms with E-state index in [0.717, 1.165) is 69.1 Å². The number of benzene rings is 1. The van der Waals surface area contributed by atoms with Crippen molar-refractivity contribution in [3.63, 3.8) is 0 Å². The molecule has 2 aromatic rings. The van der Waals surface area contributed by atoms with Crippen molar-refractivity contribution in [1.82, 2.24) is 15.4 Å². The molecule has 1 aromatic heterocycles. The summed E-state index contributed by atoms with van der Waals surface area (Å²) in [5, 5.41) is 7.73. The number of nitrogens with zero attached hydrogens (tertiary/aromatic N) is 2. The quantitative estimate of drug-likeness (QED) is 0.775. The SMILES string of the molecule is O=C(C[C@@H]1CCNC[C@H]1Cc1cc(COc2ccccc2)on1)N1CCCCC1. The second-order valence-corrected chi connectivity index (χ2v) is 8.25. The summed E-state index contributed by atoms with van der Waals surface area (Å²) in [6, 6.07) is 11.7. The highest BCUT2D eigenvalue weighted by Crippen LogP contribution is 2.27. The molecule has 6 nitrogen and oxygen atoms in total. The van der Waals surface area contributed by atoms with E-state index in [0.29, 0.717) is 30.8 Å². The van der Waals surface area contributed by atoms with Crippen LogP contribution in [0.1, 0.15) is 43.6 Å². The fourth-order valence-electron chi connectivity index (χ4n) is 4.44. The van der Waals surface area contributed by atoms with E-state index in [4.69, 9.17) is 9.26 Å². The van der Waals surface area contributed by atoms with Gasteiger partial charge in [0, 0.05) is 25.6 Å². The first-order chi connectivity index (χ1) is 14.3. The predicted molar refractivity (Wildman–Crippen MR) is 110 cm³/mol. The monoisotopic (exact) mass is 397 g/mol. The molecular weight excluding hydrogens is 366 g/mol. The molecule has 0 aliphatic carbocycles. The number of aromatic nitrogens is 1. The zero-order chi connectivity index (χ0) is 19.9. The van der Waals surface area contributed by atoms with Crippen LogP contribution in [0.25, 0.3) is 0 Å². The summed E-state index contributed by atoms with van der Waals surface area (Å²) in [7, 11) is 0. The van der Waals surface area contributed by atoms with Gasteiger partial charge in [0.05, 0.1) is 5.69 Å². The largest absolute Gasteiger partial charge is 0.486 e. The minimum Gasteiger partial charge on any atom is -0.486 e. The van der Waals surface area contributed by atoms with Gasteiger partial charge >= 0.3 is 0 Å². The molecule has 1 N–H and O–H groups in total. The molecule has 4 rings (SSSR count). The fourth-order valence-corrected chi connectivity index (χ4v) is 4.44. The van der Waals surface area contributed by atoms with E-state index < -0.39 is 0 Å². The number of ether oxygens (including phenoxy) is 1.